The number of ether oxygens (including phenoxy) is 5. The number of methoxy groups -OCH3 is 2. The predicted molar refractivity (Wildman–Crippen MR) is 161 cm³/mol. The molecule has 6 atom stereocenters. The van der Waals surface area contributed by atoms with Crippen LogP contribution in [0.5, 0.6) is 0 Å². The van der Waals surface area contributed by atoms with Crippen LogP contribution in [0.3, 0.4) is 0 Å². The second kappa shape index (κ2) is 16.2. The van der Waals surface area contributed by atoms with Crippen molar-refractivity contribution in [2.45, 2.75) is 57.5 Å². The fraction of sp³-hybridized carbons (Fsp3) is 0.500. The highest BCUT2D eigenvalue weighted by molar-refractivity contribution is 7.51. The lowest BCUT2D eigenvalue weighted by molar-refractivity contribution is -0.143. The van der Waals surface area contributed by atoms with Crippen LogP contribution in [0, 0.1) is 12.0 Å². The molecular formula is C28H36FN6O12P. The Morgan fingerprint density at radius 1 is 1.15 bits per heavy atom. The molecule has 0 radical (unpaired) electrons. The molecular weight excluding hydrogens is 662 g/mol. The van der Waals surface area contributed by atoms with Crippen LogP contribution in [-0.4, -0.2) is 94.5 Å². The number of nitrogens with one attached hydrogen (secondary N) is 1. The topological polar surface area (TPSA) is 235 Å². The third kappa shape index (κ3) is 9.21. The lowest BCUT2D eigenvalue weighted by atomic mass is 10.1. The van der Waals surface area contributed by atoms with Crippen molar-refractivity contribution < 1.29 is 61.2 Å². The number of esters is 2. The van der Waals surface area contributed by atoms with Crippen molar-refractivity contribution in [3.8, 4) is 0 Å². The number of aliphatic hydroxyl groups excluding tert-OH is 1. The molecule has 1 aliphatic rings. The number of carbonyl (C=O) groups excluding carboxylic acids is 3. The van der Waals surface area contributed by atoms with E-state index in [1.807, 2.05) is 0 Å². The summed E-state index contributed by atoms with van der Waals surface area (Å²) in [5.74, 6) is -2.05. The molecule has 18 nitrogen and oxygen atoms in total. The van der Waals surface area contributed by atoms with Crippen LogP contribution in [-0.2, 0) is 53.5 Å². The predicted octanol–water partition coefficient (Wildman–Crippen LogP) is 2.02. The van der Waals surface area contributed by atoms with Crippen molar-refractivity contribution in [2.75, 3.05) is 33.2 Å². The maximum absolute atomic E-state index is 14.2. The monoisotopic (exact) mass is 698 g/mol. The van der Waals surface area contributed by atoms with Crippen molar-refractivity contribution in [2.24, 2.45) is 5.92 Å². The van der Waals surface area contributed by atoms with Gasteiger partial charge in [-0.15, -0.1) is 0 Å². The summed E-state index contributed by atoms with van der Waals surface area (Å²) >= 11 is 0. The van der Waals surface area contributed by atoms with Gasteiger partial charge in [-0.1, -0.05) is 44.2 Å². The number of benzene rings is 1. The smallest absolute Gasteiger partial charge is 0.468 e. The second-order valence-electron chi connectivity index (χ2n) is 10.8. The first-order valence-corrected chi connectivity index (χ1v) is 16.1. The summed E-state index contributed by atoms with van der Waals surface area (Å²) in [5, 5.41) is 13.8. The maximum Gasteiger partial charge on any atom is 0.509 e. The number of imidazole rings is 1. The van der Waals surface area contributed by atoms with E-state index in [-0.39, 0.29) is 35.9 Å². The zero-order valence-electron chi connectivity index (χ0n) is 26.4. The largest absolute Gasteiger partial charge is 0.509 e. The Balaban J connectivity index is 1.59. The molecule has 0 saturated carbocycles. The second-order valence-corrected chi connectivity index (χ2v) is 12.6. The van der Waals surface area contributed by atoms with Gasteiger partial charge in [0.05, 0.1) is 27.2 Å². The zero-order chi connectivity index (χ0) is 35.0. The van der Waals surface area contributed by atoms with Crippen molar-refractivity contribution in [1.29, 1.82) is 0 Å². The van der Waals surface area contributed by atoms with E-state index in [2.05, 4.69) is 24.8 Å². The Kier molecular flexibility index (Phi) is 12.4. The third-order valence-corrected chi connectivity index (χ3v) is 8.52. The number of aromatic nitrogens is 4. The number of hydrogen-bond donors (Lipinski definition) is 3. The van der Waals surface area contributed by atoms with Crippen LogP contribution < -0.4 is 10.8 Å². The standard InChI is InChI=1S/C28H36FN6O12P/c1-15(2)10-17(26(38)42-4)34-48(40,45-13-19(36)41-3)44-12-18-21(37)22(47-28(39)43-11-16-8-6-5-7-9-16)25(46-18)35-14-31-20-23(30)32-27(29)33-24(20)35/h5-9,14-15,17-18,21-22,25,37H,10-13H2,1-4H3,(H,34,40)(H2,30,32,33)/t17-,18+,21+,22-,25+,48?/m0/s1. The molecule has 0 aliphatic carbocycles. The highest BCUT2D eigenvalue weighted by Crippen LogP contribution is 2.46. The number of aliphatic hydroxyl groups is 1. The van der Waals surface area contributed by atoms with Crippen LogP contribution in [0.15, 0.2) is 36.7 Å². The number of nitrogens with two attached hydrogens (primary N) is 1. The molecule has 1 aromatic carbocycles. The van der Waals surface area contributed by atoms with E-state index in [0.29, 0.717) is 5.56 Å². The highest BCUT2D eigenvalue weighted by Gasteiger charge is 2.49. The molecule has 2 aromatic heterocycles. The Morgan fingerprint density at radius 2 is 1.88 bits per heavy atom. The summed E-state index contributed by atoms with van der Waals surface area (Å²) in [5.41, 5.74) is 6.27. The fourth-order valence-corrected chi connectivity index (χ4v) is 6.09. The van der Waals surface area contributed by atoms with Gasteiger partial charge in [0.1, 0.15) is 24.9 Å². The van der Waals surface area contributed by atoms with Gasteiger partial charge in [0.15, 0.2) is 35.9 Å². The van der Waals surface area contributed by atoms with Gasteiger partial charge in [0.25, 0.3) is 0 Å². The van der Waals surface area contributed by atoms with E-state index >= 15 is 0 Å². The van der Waals surface area contributed by atoms with Crippen molar-refractivity contribution >= 4 is 42.8 Å². The first-order valence-electron chi connectivity index (χ1n) is 14.5. The third-order valence-electron chi connectivity index (χ3n) is 6.94. The Bertz CT molecular complexity index is 1630. The van der Waals surface area contributed by atoms with E-state index in [4.69, 9.17) is 33.7 Å². The number of anilines is 1. The van der Waals surface area contributed by atoms with Gasteiger partial charge >= 0.3 is 31.9 Å². The quantitative estimate of drug-likeness (QED) is 0.0891. The lowest BCUT2D eigenvalue weighted by Gasteiger charge is -2.26. The summed E-state index contributed by atoms with van der Waals surface area (Å²) in [6.07, 6.45) is -7.16. The highest BCUT2D eigenvalue weighted by atomic mass is 31.2. The van der Waals surface area contributed by atoms with Crippen LogP contribution >= 0.6 is 7.75 Å². The van der Waals surface area contributed by atoms with E-state index in [1.54, 1.807) is 44.2 Å². The normalized spacial score (nSPS) is 21.1. The molecule has 3 heterocycles. The molecule has 1 saturated heterocycles. The van der Waals surface area contributed by atoms with E-state index in [0.717, 1.165) is 25.1 Å². The molecule has 20 heteroatoms. The van der Waals surface area contributed by atoms with E-state index in [9.17, 15) is 28.4 Å². The molecule has 4 rings (SSSR count). The maximum atomic E-state index is 14.2. The minimum atomic E-state index is -4.55. The summed E-state index contributed by atoms with van der Waals surface area (Å²) < 4.78 is 65.9. The molecule has 1 unspecified atom stereocenters. The minimum absolute atomic E-state index is 0.0106. The molecule has 3 aromatic rings. The Morgan fingerprint density at radius 3 is 2.54 bits per heavy atom. The number of hydrogen-bond acceptors (Lipinski definition) is 16. The van der Waals surface area contributed by atoms with Gasteiger partial charge in [-0.25, -0.2) is 24.2 Å². The van der Waals surface area contributed by atoms with Gasteiger partial charge < -0.3 is 34.5 Å². The molecule has 48 heavy (non-hydrogen) atoms. The van der Waals surface area contributed by atoms with Gasteiger partial charge in [-0.2, -0.15) is 14.4 Å². The number of fused-ring (bicyclic) bond motifs is 1. The molecule has 0 amide bonds. The van der Waals surface area contributed by atoms with Crippen LogP contribution in [0.2, 0.25) is 0 Å². The summed E-state index contributed by atoms with van der Waals surface area (Å²) in [6, 6.07) is 7.52. The average molecular weight is 699 g/mol. The van der Waals surface area contributed by atoms with Crippen LogP contribution in [0.4, 0.5) is 15.0 Å². The molecule has 0 bridgehead atoms. The number of nitrogen functional groups attached to an aromatic ring is 1. The SMILES string of the molecule is COC(=O)COP(=O)(N[C@@H](CC(C)C)C(=O)OC)OC[C@H]1O[C@@H](n2cnc3c(N)nc(F)nc32)[C@@H](OC(=O)OCc2ccccc2)[C@@H]1O. The van der Waals surface area contributed by atoms with Gasteiger partial charge in [0, 0.05) is 0 Å². The summed E-state index contributed by atoms with van der Waals surface area (Å²) in [6.45, 7) is 1.90. The van der Waals surface area contributed by atoms with E-state index < -0.39 is 75.7 Å². The Labute approximate surface area is 273 Å². The molecule has 1 fully saturated rings. The van der Waals surface area contributed by atoms with E-state index in [1.165, 1.54) is 0 Å². The summed E-state index contributed by atoms with van der Waals surface area (Å²) in [7, 11) is -2.33. The van der Waals surface area contributed by atoms with Gasteiger partial charge in [-0.3, -0.25) is 18.4 Å². The van der Waals surface area contributed by atoms with Crippen molar-refractivity contribution in [1.82, 2.24) is 24.6 Å². The number of rotatable bonds is 15. The fourth-order valence-electron chi connectivity index (χ4n) is 4.65. The van der Waals surface area contributed by atoms with Crippen LogP contribution in [0.25, 0.3) is 11.2 Å². The Hall–Kier alpha value is -4.26. The molecule has 0 spiro atoms. The summed E-state index contributed by atoms with van der Waals surface area (Å²) in [4.78, 5) is 48.3. The molecule has 1 aliphatic heterocycles. The number of carbonyl (C=O) groups is 3. The number of halogens is 1. The minimum Gasteiger partial charge on any atom is -0.468 e. The molecule has 262 valence electrons. The lowest BCUT2D eigenvalue weighted by Crippen LogP contribution is -2.40. The van der Waals surface area contributed by atoms with Crippen molar-refractivity contribution in [3.63, 3.8) is 0 Å². The number of nitrogens with zero attached hydrogens (tertiary/aromatic N) is 4. The van der Waals surface area contributed by atoms with Gasteiger partial charge in [0.2, 0.25) is 0 Å². The zero-order valence-corrected chi connectivity index (χ0v) is 27.3. The first-order chi connectivity index (χ1) is 22.8. The van der Waals surface area contributed by atoms with Gasteiger partial charge in [-0.05, 0) is 17.9 Å². The molecule has 4 N–H and O–H groups in total. The average Bonchev–Trinajstić information content (AvgIpc) is 3.61. The van der Waals surface area contributed by atoms with Crippen LogP contribution in [0.1, 0.15) is 32.1 Å². The van der Waals surface area contributed by atoms with Crippen molar-refractivity contribution in [3.05, 3.63) is 48.3 Å². The first kappa shape index (κ1) is 36.6.